The molecule has 0 saturated heterocycles. The van der Waals surface area contributed by atoms with Crippen LogP contribution in [0, 0.1) is 11.8 Å². The van der Waals surface area contributed by atoms with E-state index in [1.807, 2.05) is 42.6 Å². The second-order valence-electron chi connectivity index (χ2n) is 7.08. The van der Waals surface area contributed by atoms with Gasteiger partial charge < -0.3 is 15.0 Å². The molecule has 0 fully saturated rings. The first kappa shape index (κ1) is 18.0. The topological polar surface area (TPSA) is 67.0 Å². The van der Waals surface area contributed by atoms with Gasteiger partial charge in [-0.25, -0.2) is 9.78 Å². The molecule has 1 aliphatic carbocycles. The van der Waals surface area contributed by atoms with Crippen LogP contribution in [-0.4, -0.2) is 29.2 Å². The van der Waals surface area contributed by atoms with E-state index < -0.39 is 6.09 Å². The quantitative estimate of drug-likeness (QED) is 0.505. The largest absolute Gasteiger partial charge is 0.449 e. The lowest BCUT2D eigenvalue weighted by Gasteiger charge is -2.14. The number of carbonyl (C=O) groups excluding carboxylic acids is 1. The Morgan fingerprint density at radius 3 is 2.53 bits per heavy atom. The number of pyridine rings is 1. The zero-order chi connectivity index (χ0) is 20.3. The SMILES string of the molecule is O=C(NCC#Cc1ccnc2[nH]ccc12)OCC1c2ccccc2-c2ccccc21. The third kappa shape index (κ3) is 3.29. The number of benzene rings is 2. The number of nitrogens with one attached hydrogen (secondary N) is 2. The lowest BCUT2D eigenvalue weighted by molar-refractivity contribution is 0.144. The Kier molecular flexibility index (Phi) is 4.66. The predicted octanol–water partition coefficient (Wildman–Crippen LogP) is 4.45. The fourth-order valence-electron chi connectivity index (χ4n) is 3.98. The number of ether oxygens (including phenoxy) is 1. The molecule has 2 aromatic heterocycles. The van der Waals surface area contributed by atoms with E-state index in [-0.39, 0.29) is 12.5 Å². The minimum Gasteiger partial charge on any atom is -0.449 e. The Morgan fingerprint density at radius 2 is 1.77 bits per heavy atom. The summed E-state index contributed by atoms with van der Waals surface area (Å²) < 4.78 is 5.52. The maximum atomic E-state index is 12.2. The van der Waals surface area contributed by atoms with Gasteiger partial charge in [0.05, 0.1) is 6.54 Å². The molecular weight excluding hydrogens is 374 g/mol. The maximum absolute atomic E-state index is 12.2. The standard InChI is InChI=1S/C25H19N3O2/c29-25(28-13-5-6-17-11-14-26-24-18(17)12-15-27-24)30-16-23-21-9-3-1-7-19(21)20-8-2-4-10-22(20)23/h1-4,7-12,14-15,23H,13,16H2,(H,26,27)(H,28,29). The normalized spacial score (nSPS) is 12.0. The van der Waals surface area contributed by atoms with Crippen molar-refractivity contribution >= 4 is 17.1 Å². The van der Waals surface area contributed by atoms with E-state index in [0.29, 0.717) is 6.61 Å². The van der Waals surface area contributed by atoms with E-state index in [0.717, 1.165) is 16.6 Å². The van der Waals surface area contributed by atoms with Crippen molar-refractivity contribution < 1.29 is 9.53 Å². The summed E-state index contributed by atoms with van der Waals surface area (Å²) in [6.45, 7) is 0.506. The summed E-state index contributed by atoms with van der Waals surface area (Å²) >= 11 is 0. The Labute approximate surface area is 174 Å². The highest BCUT2D eigenvalue weighted by molar-refractivity contribution is 5.82. The van der Waals surface area contributed by atoms with E-state index in [2.05, 4.69) is 51.4 Å². The maximum Gasteiger partial charge on any atom is 0.407 e. The van der Waals surface area contributed by atoms with Crippen LogP contribution in [0.25, 0.3) is 22.2 Å². The summed E-state index contributed by atoms with van der Waals surface area (Å²) in [4.78, 5) is 19.5. The second-order valence-corrected chi connectivity index (χ2v) is 7.08. The van der Waals surface area contributed by atoms with Crippen molar-refractivity contribution in [1.82, 2.24) is 15.3 Å². The van der Waals surface area contributed by atoms with Crippen molar-refractivity contribution in [2.45, 2.75) is 5.92 Å². The molecule has 0 radical (unpaired) electrons. The minimum atomic E-state index is -0.465. The summed E-state index contributed by atoms with van der Waals surface area (Å²) in [6.07, 6.45) is 3.08. The van der Waals surface area contributed by atoms with Crippen molar-refractivity contribution in [2.75, 3.05) is 13.2 Å². The van der Waals surface area contributed by atoms with Crippen molar-refractivity contribution in [1.29, 1.82) is 0 Å². The van der Waals surface area contributed by atoms with Crippen LogP contribution >= 0.6 is 0 Å². The number of rotatable bonds is 3. The lowest BCUT2D eigenvalue weighted by Crippen LogP contribution is -2.26. The smallest absolute Gasteiger partial charge is 0.407 e. The van der Waals surface area contributed by atoms with Crippen LogP contribution in [0.2, 0.25) is 0 Å². The molecular formula is C25H19N3O2. The van der Waals surface area contributed by atoms with Crippen molar-refractivity contribution in [3.05, 3.63) is 89.7 Å². The van der Waals surface area contributed by atoms with E-state index in [9.17, 15) is 4.79 Å². The molecule has 0 aliphatic heterocycles. The molecule has 0 unspecified atom stereocenters. The number of hydrogen-bond acceptors (Lipinski definition) is 3. The van der Waals surface area contributed by atoms with Crippen molar-refractivity contribution in [3.63, 3.8) is 0 Å². The fourth-order valence-corrected chi connectivity index (χ4v) is 3.98. The highest BCUT2D eigenvalue weighted by atomic mass is 16.5. The van der Waals surface area contributed by atoms with Crippen LogP contribution in [0.15, 0.2) is 73.1 Å². The molecule has 1 aliphatic rings. The number of alkyl carbamates (subject to hydrolysis) is 1. The summed E-state index contributed by atoms with van der Waals surface area (Å²) in [5.41, 5.74) is 6.48. The molecule has 4 aromatic rings. The second kappa shape index (κ2) is 7.76. The third-order valence-corrected chi connectivity index (χ3v) is 5.35. The van der Waals surface area contributed by atoms with Gasteiger partial charge in [-0.05, 0) is 34.4 Å². The highest BCUT2D eigenvalue weighted by Gasteiger charge is 2.28. The molecule has 30 heavy (non-hydrogen) atoms. The van der Waals surface area contributed by atoms with E-state index in [1.165, 1.54) is 22.3 Å². The van der Waals surface area contributed by atoms with Gasteiger partial charge in [0.1, 0.15) is 12.3 Å². The lowest BCUT2D eigenvalue weighted by atomic mass is 9.98. The Morgan fingerprint density at radius 1 is 1.03 bits per heavy atom. The molecule has 146 valence electrons. The predicted molar refractivity (Wildman–Crippen MR) is 116 cm³/mol. The van der Waals surface area contributed by atoms with Gasteiger partial charge in [0, 0.05) is 29.3 Å². The molecule has 2 aromatic carbocycles. The zero-order valence-corrected chi connectivity index (χ0v) is 16.2. The highest BCUT2D eigenvalue weighted by Crippen LogP contribution is 2.44. The summed E-state index contributed by atoms with van der Waals surface area (Å²) in [5, 5.41) is 3.67. The molecule has 0 bridgehead atoms. The zero-order valence-electron chi connectivity index (χ0n) is 16.2. The van der Waals surface area contributed by atoms with Gasteiger partial charge in [-0.15, -0.1) is 0 Å². The van der Waals surface area contributed by atoms with Crippen molar-refractivity contribution in [3.8, 4) is 23.0 Å². The van der Waals surface area contributed by atoms with Crippen LogP contribution < -0.4 is 5.32 Å². The minimum absolute atomic E-state index is 0.0490. The van der Waals surface area contributed by atoms with Crippen LogP contribution in [0.3, 0.4) is 0 Å². The average molecular weight is 393 g/mol. The van der Waals surface area contributed by atoms with E-state index in [1.54, 1.807) is 6.20 Å². The van der Waals surface area contributed by atoms with E-state index in [4.69, 9.17) is 4.74 Å². The Bertz CT molecular complexity index is 1250. The van der Waals surface area contributed by atoms with Gasteiger partial charge in [-0.2, -0.15) is 0 Å². The van der Waals surface area contributed by atoms with Crippen LogP contribution in [0.5, 0.6) is 0 Å². The number of carbonyl (C=O) groups is 1. The number of amides is 1. The number of aromatic amines is 1. The molecule has 5 heteroatoms. The third-order valence-electron chi connectivity index (χ3n) is 5.35. The molecule has 0 saturated carbocycles. The van der Waals surface area contributed by atoms with Gasteiger partial charge in [0.2, 0.25) is 0 Å². The molecule has 1 amide bonds. The average Bonchev–Trinajstić information content (AvgIpc) is 3.39. The van der Waals surface area contributed by atoms with Gasteiger partial charge in [0.15, 0.2) is 0 Å². The summed E-state index contributed by atoms with van der Waals surface area (Å²) in [5.74, 6) is 6.09. The molecule has 2 heterocycles. The number of H-pyrrole nitrogens is 1. The first-order valence-corrected chi connectivity index (χ1v) is 9.81. The van der Waals surface area contributed by atoms with Gasteiger partial charge in [-0.1, -0.05) is 60.4 Å². The number of hydrogen-bond donors (Lipinski definition) is 2. The molecule has 0 spiro atoms. The summed E-state index contributed by atoms with van der Waals surface area (Å²) in [6, 6.07) is 20.3. The first-order valence-electron chi connectivity index (χ1n) is 9.81. The first-order chi connectivity index (χ1) is 14.8. The monoisotopic (exact) mass is 393 g/mol. The molecule has 5 rings (SSSR count). The van der Waals surface area contributed by atoms with Crippen LogP contribution in [0.1, 0.15) is 22.6 Å². The Hall–Kier alpha value is -4.04. The van der Waals surface area contributed by atoms with Gasteiger partial charge in [-0.3, -0.25) is 0 Å². The van der Waals surface area contributed by atoms with Gasteiger partial charge >= 0.3 is 6.09 Å². The molecule has 5 nitrogen and oxygen atoms in total. The molecule has 0 atom stereocenters. The summed E-state index contributed by atoms with van der Waals surface area (Å²) in [7, 11) is 0. The van der Waals surface area contributed by atoms with Crippen LogP contribution in [-0.2, 0) is 4.74 Å². The van der Waals surface area contributed by atoms with Crippen molar-refractivity contribution in [2.24, 2.45) is 0 Å². The number of fused-ring (bicyclic) bond motifs is 4. The van der Waals surface area contributed by atoms with Gasteiger partial charge in [0.25, 0.3) is 0 Å². The molecule has 2 N–H and O–H groups in total. The van der Waals surface area contributed by atoms with Crippen LogP contribution in [0.4, 0.5) is 4.79 Å². The number of nitrogens with zero attached hydrogens (tertiary/aromatic N) is 1. The number of aromatic nitrogens is 2. The fraction of sp³-hybridized carbons (Fsp3) is 0.120. The Balaban J connectivity index is 1.21. The van der Waals surface area contributed by atoms with E-state index >= 15 is 0 Å².